The second kappa shape index (κ2) is 7.25. The van der Waals surface area contributed by atoms with E-state index in [4.69, 9.17) is 0 Å². The highest BCUT2D eigenvalue weighted by Gasteiger charge is 2.15. The normalized spacial score (nSPS) is 11.4. The van der Waals surface area contributed by atoms with E-state index in [0.29, 0.717) is 5.65 Å². The molecule has 0 atom stereocenters. The van der Waals surface area contributed by atoms with Gasteiger partial charge in [0.05, 0.1) is 23.3 Å². The molecule has 6 nitrogen and oxygen atoms in total. The fourth-order valence-corrected chi connectivity index (χ4v) is 4.88. The summed E-state index contributed by atoms with van der Waals surface area (Å²) in [5.41, 5.74) is 7.55. The van der Waals surface area contributed by atoms with Crippen LogP contribution in [0.5, 0.6) is 0 Å². The van der Waals surface area contributed by atoms with Crippen LogP contribution in [-0.4, -0.2) is 30.1 Å². The highest BCUT2D eigenvalue weighted by Crippen LogP contribution is 2.38. The third-order valence-electron chi connectivity index (χ3n) is 5.49. The zero-order valence-electron chi connectivity index (χ0n) is 17.3. The smallest absolute Gasteiger partial charge is 0.181 e. The van der Waals surface area contributed by atoms with Crippen molar-refractivity contribution in [3.63, 3.8) is 0 Å². The Balaban J connectivity index is 1.49. The summed E-state index contributed by atoms with van der Waals surface area (Å²) >= 11 is 1.76. The number of hydrogen-bond donors (Lipinski definition) is 2. The van der Waals surface area contributed by atoms with Crippen molar-refractivity contribution in [1.29, 1.82) is 0 Å². The Hall–Kier alpha value is -4.10. The van der Waals surface area contributed by atoms with Gasteiger partial charge in [0.1, 0.15) is 0 Å². The number of hydrogen-bond acceptors (Lipinski definition) is 5. The number of benzene rings is 1. The molecule has 7 heteroatoms. The molecule has 0 saturated heterocycles. The van der Waals surface area contributed by atoms with Crippen LogP contribution in [0.1, 0.15) is 11.8 Å². The Morgan fingerprint density at radius 1 is 1.00 bits per heavy atom. The minimum atomic E-state index is 0.663. The lowest BCUT2D eigenvalue weighted by Crippen LogP contribution is -1.86. The van der Waals surface area contributed by atoms with Crippen LogP contribution in [0.2, 0.25) is 0 Å². The van der Waals surface area contributed by atoms with Gasteiger partial charge in [-0.25, -0.2) is 4.98 Å². The molecule has 0 bridgehead atoms. The van der Waals surface area contributed by atoms with Crippen LogP contribution in [0.3, 0.4) is 0 Å². The molecule has 32 heavy (non-hydrogen) atoms. The molecule has 0 aliphatic heterocycles. The number of thiophene rings is 1. The molecule has 0 unspecified atom stereocenters. The Labute approximate surface area is 187 Å². The largest absolute Gasteiger partial charge is 0.353 e. The maximum Gasteiger partial charge on any atom is 0.181 e. The van der Waals surface area contributed by atoms with Gasteiger partial charge in [-0.1, -0.05) is 18.7 Å². The fourth-order valence-electron chi connectivity index (χ4n) is 3.91. The minimum absolute atomic E-state index is 0.663. The molecule has 0 spiro atoms. The number of nitrogens with zero attached hydrogens (tertiary/aromatic N) is 4. The van der Waals surface area contributed by atoms with Gasteiger partial charge in [0.25, 0.3) is 0 Å². The first-order valence-corrected chi connectivity index (χ1v) is 11.0. The molecule has 154 valence electrons. The fraction of sp³-hybridized carbons (Fsp3) is 0.0400. The maximum absolute atomic E-state index is 4.51. The average Bonchev–Trinajstić information content (AvgIpc) is 3.56. The van der Waals surface area contributed by atoms with Crippen LogP contribution >= 0.6 is 11.3 Å². The third-order valence-corrected chi connectivity index (χ3v) is 6.77. The molecule has 5 heterocycles. The lowest BCUT2D eigenvalue weighted by Gasteiger charge is -2.00. The molecule has 0 aliphatic carbocycles. The SMILES string of the molecule is C=C(C)c1ccc(-c2cccc3[nH]c(-c4[nH]nc5ncc(-c6cnccn6)cc45)cc23)s1. The van der Waals surface area contributed by atoms with E-state index < -0.39 is 0 Å². The number of pyridine rings is 1. The summed E-state index contributed by atoms with van der Waals surface area (Å²) < 4.78 is 0. The van der Waals surface area contributed by atoms with E-state index in [1.54, 1.807) is 36.1 Å². The van der Waals surface area contributed by atoms with E-state index >= 15 is 0 Å². The monoisotopic (exact) mass is 434 g/mol. The Morgan fingerprint density at radius 3 is 2.75 bits per heavy atom. The van der Waals surface area contributed by atoms with Crippen LogP contribution in [0.15, 0.2) is 73.8 Å². The van der Waals surface area contributed by atoms with Gasteiger partial charge in [-0.2, -0.15) is 5.10 Å². The molecule has 0 saturated carbocycles. The Kier molecular flexibility index (Phi) is 4.22. The minimum Gasteiger partial charge on any atom is -0.353 e. The van der Waals surface area contributed by atoms with Crippen LogP contribution in [0.4, 0.5) is 0 Å². The molecule has 0 fully saturated rings. The molecular formula is C25H18N6S. The number of aromatic amines is 2. The molecule has 2 N–H and O–H groups in total. The van der Waals surface area contributed by atoms with E-state index in [1.807, 2.05) is 6.92 Å². The van der Waals surface area contributed by atoms with Crippen LogP contribution in [-0.2, 0) is 0 Å². The van der Waals surface area contributed by atoms with Crippen LogP contribution < -0.4 is 0 Å². The second-order valence-corrected chi connectivity index (χ2v) is 8.76. The number of allylic oxidation sites excluding steroid dienone is 1. The number of H-pyrrole nitrogens is 2. The first-order chi connectivity index (χ1) is 15.7. The van der Waals surface area contributed by atoms with Crippen molar-refractivity contribution < 1.29 is 0 Å². The van der Waals surface area contributed by atoms with Gasteiger partial charge in [-0.15, -0.1) is 11.3 Å². The molecule has 0 aliphatic rings. The van der Waals surface area contributed by atoms with E-state index in [0.717, 1.165) is 39.1 Å². The summed E-state index contributed by atoms with van der Waals surface area (Å²) in [5.74, 6) is 0. The van der Waals surface area contributed by atoms with Crippen molar-refractivity contribution in [3.8, 4) is 33.1 Å². The van der Waals surface area contributed by atoms with Gasteiger partial charge >= 0.3 is 0 Å². The molecule has 0 radical (unpaired) electrons. The summed E-state index contributed by atoms with van der Waals surface area (Å²) in [7, 11) is 0. The lowest BCUT2D eigenvalue weighted by molar-refractivity contribution is 1.10. The summed E-state index contributed by atoms with van der Waals surface area (Å²) in [6.07, 6.45) is 6.85. The van der Waals surface area contributed by atoms with Crippen molar-refractivity contribution in [2.24, 2.45) is 0 Å². The summed E-state index contributed by atoms with van der Waals surface area (Å²) in [4.78, 5) is 19.0. The first kappa shape index (κ1) is 18.7. The zero-order valence-corrected chi connectivity index (χ0v) is 18.1. The van der Waals surface area contributed by atoms with Crippen LogP contribution in [0.25, 0.3) is 60.6 Å². The van der Waals surface area contributed by atoms with Crippen LogP contribution in [0, 0.1) is 0 Å². The number of nitrogens with one attached hydrogen (secondary N) is 2. The Bertz CT molecular complexity index is 1610. The predicted octanol–water partition coefficient (Wildman–Crippen LogP) is 6.32. The highest BCUT2D eigenvalue weighted by molar-refractivity contribution is 7.16. The van der Waals surface area contributed by atoms with Gasteiger partial charge < -0.3 is 4.98 Å². The maximum atomic E-state index is 4.51. The summed E-state index contributed by atoms with van der Waals surface area (Å²) in [6, 6.07) is 14.9. The van der Waals surface area contributed by atoms with E-state index in [1.165, 1.54) is 20.7 Å². The first-order valence-electron chi connectivity index (χ1n) is 10.2. The van der Waals surface area contributed by atoms with Crippen molar-refractivity contribution in [2.75, 3.05) is 0 Å². The van der Waals surface area contributed by atoms with Crippen molar-refractivity contribution >= 4 is 38.8 Å². The molecule has 1 aromatic carbocycles. The standard InChI is InChI=1S/C25H18N6S/c1-14(2)22-6-7-23(32-22)16-4-3-5-19-17(16)11-20(29-19)24-18-10-15(12-28-25(18)31-30-24)21-13-26-8-9-27-21/h3-13,29H,1H2,2H3,(H,28,30,31). The van der Waals surface area contributed by atoms with Gasteiger partial charge in [0.15, 0.2) is 5.65 Å². The molecule has 0 amide bonds. The topological polar surface area (TPSA) is 83.1 Å². The summed E-state index contributed by atoms with van der Waals surface area (Å²) in [5, 5.41) is 9.66. The number of rotatable bonds is 4. The molecule has 6 aromatic rings. The lowest BCUT2D eigenvalue weighted by atomic mass is 10.1. The highest BCUT2D eigenvalue weighted by atomic mass is 32.1. The zero-order chi connectivity index (χ0) is 21.7. The van der Waals surface area contributed by atoms with E-state index in [-0.39, 0.29) is 0 Å². The second-order valence-electron chi connectivity index (χ2n) is 7.68. The number of fused-ring (bicyclic) bond motifs is 2. The van der Waals surface area contributed by atoms with E-state index in [9.17, 15) is 0 Å². The Morgan fingerprint density at radius 2 is 1.94 bits per heavy atom. The predicted molar refractivity (Wildman–Crippen MR) is 130 cm³/mol. The molecule has 5 aromatic heterocycles. The van der Waals surface area contributed by atoms with Crippen molar-refractivity contribution in [2.45, 2.75) is 6.92 Å². The van der Waals surface area contributed by atoms with Gasteiger partial charge in [0.2, 0.25) is 0 Å². The van der Waals surface area contributed by atoms with Crippen molar-refractivity contribution in [1.82, 2.24) is 30.1 Å². The van der Waals surface area contributed by atoms with Crippen molar-refractivity contribution in [3.05, 3.63) is 78.7 Å². The third kappa shape index (κ3) is 3.02. The molecular weight excluding hydrogens is 416 g/mol. The van der Waals surface area contributed by atoms with Gasteiger partial charge in [-0.3, -0.25) is 15.1 Å². The number of aromatic nitrogens is 6. The molecule has 6 rings (SSSR count). The van der Waals surface area contributed by atoms with E-state index in [2.05, 4.69) is 79.2 Å². The van der Waals surface area contributed by atoms with Gasteiger partial charge in [-0.05, 0) is 42.8 Å². The quantitative estimate of drug-likeness (QED) is 0.340. The van der Waals surface area contributed by atoms with Gasteiger partial charge in [0, 0.05) is 55.8 Å². The summed E-state index contributed by atoms with van der Waals surface area (Å²) in [6.45, 7) is 6.11. The average molecular weight is 435 g/mol.